The Morgan fingerprint density at radius 1 is 1.30 bits per heavy atom. The molecule has 118 valence electrons. The zero-order valence-electron chi connectivity index (χ0n) is 12.3. The average molecular weight is 329 g/mol. The molecule has 1 aliphatic carbocycles. The molecule has 0 atom stereocenters. The van der Waals surface area contributed by atoms with Gasteiger partial charge >= 0.3 is 5.97 Å². The monoisotopic (exact) mass is 329 g/mol. The van der Waals surface area contributed by atoms with Crippen LogP contribution in [0.1, 0.15) is 28.1 Å². The van der Waals surface area contributed by atoms with E-state index >= 15 is 0 Å². The number of amides is 1. The van der Waals surface area contributed by atoms with Crippen molar-refractivity contribution in [3.63, 3.8) is 0 Å². The molecule has 2 aromatic rings. The number of benzene rings is 1. The van der Waals surface area contributed by atoms with Gasteiger partial charge in [0.15, 0.2) is 6.61 Å². The quantitative estimate of drug-likeness (QED) is 0.876. The standard InChI is InChI=1S/C17H15NO4S/c19-15(18-11-5-6-11)9-22-17(20)14-7-10-8-21-13-4-2-1-3-12(13)16(10)23-14/h1-4,7,11H,5-6,8-9H2,(H,18,19). The van der Waals surface area contributed by atoms with Crippen LogP contribution in [0.2, 0.25) is 0 Å². The van der Waals surface area contributed by atoms with Crippen molar-refractivity contribution in [1.29, 1.82) is 0 Å². The molecule has 2 aliphatic rings. The molecule has 0 unspecified atom stereocenters. The van der Waals surface area contributed by atoms with Gasteiger partial charge in [0.1, 0.15) is 17.2 Å². The summed E-state index contributed by atoms with van der Waals surface area (Å²) in [5, 5.41) is 2.79. The van der Waals surface area contributed by atoms with Crippen molar-refractivity contribution >= 4 is 23.2 Å². The van der Waals surface area contributed by atoms with Gasteiger partial charge in [0.2, 0.25) is 0 Å². The summed E-state index contributed by atoms with van der Waals surface area (Å²) < 4.78 is 10.8. The summed E-state index contributed by atoms with van der Waals surface area (Å²) in [4.78, 5) is 25.3. The van der Waals surface area contributed by atoms with Gasteiger partial charge in [0, 0.05) is 22.0 Å². The lowest BCUT2D eigenvalue weighted by molar-refractivity contribution is -0.124. The number of esters is 1. The molecule has 1 fully saturated rings. The molecule has 0 bridgehead atoms. The summed E-state index contributed by atoms with van der Waals surface area (Å²) in [6.07, 6.45) is 2.02. The minimum atomic E-state index is -0.465. The Morgan fingerprint density at radius 2 is 2.13 bits per heavy atom. The minimum Gasteiger partial charge on any atom is -0.488 e. The van der Waals surface area contributed by atoms with E-state index in [-0.39, 0.29) is 18.6 Å². The fourth-order valence-electron chi connectivity index (χ4n) is 2.50. The SMILES string of the molecule is O=C(COC(=O)c1cc2c(s1)-c1ccccc1OC2)NC1CC1. The molecule has 1 aliphatic heterocycles. The predicted octanol–water partition coefficient (Wildman–Crippen LogP) is 2.74. The normalized spacial score (nSPS) is 15.1. The fraction of sp³-hybridized carbons (Fsp3) is 0.294. The van der Waals surface area contributed by atoms with Crippen LogP contribution in [0.4, 0.5) is 0 Å². The van der Waals surface area contributed by atoms with E-state index in [4.69, 9.17) is 9.47 Å². The molecule has 23 heavy (non-hydrogen) atoms. The van der Waals surface area contributed by atoms with Crippen LogP contribution in [0, 0.1) is 0 Å². The van der Waals surface area contributed by atoms with E-state index in [0.717, 1.165) is 34.6 Å². The Labute approximate surface area is 137 Å². The van der Waals surface area contributed by atoms with Gasteiger partial charge in [0.25, 0.3) is 5.91 Å². The first-order chi connectivity index (χ1) is 11.2. The van der Waals surface area contributed by atoms with Crippen LogP contribution in [-0.4, -0.2) is 24.5 Å². The third-order valence-corrected chi connectivity index (χ3v) is 4.99. The van der Waals surface area contributed by atoms with E-state index < -0.39 is 5.97 Å². The second kappa shape index (κ2) is 5.70. The summed E-state index contributed by atoms with van der Waals surface area (Å²) in [5.41, 5.74) is 1.97. The Balaban J connectivity index is 1.47. The maximum absolute atomic E-state index is 12.1. The molecule has 4 rings (SSSR count). The number of hydrogen-bond acceptors (Lipinski definition) is 5. The number of para-hydroxylation sites is 1. The summed E-state index contributed by atoms with van der Waals surface area (Å²) in [7, 11) is 0. The molecule has 5 nitrogen and oxygen atoms in total. The molecular weight excluding hydrogens is 314 g/mol. The average Bonchev–Trinajstić information content (AvgIpc) is 3.26. The third-order valence-electron chi connectivity index (χ3n) is 3.80. The van der Waals surface area contributed by atoms with Crippen molar-refractivity contribution in [1.82, 2.24) is 5.32 Å². The highest BCUT2D eigenvalue weighted by Crippen LogP contribution is 2.42. The lowest BCUT2D eigenvalue weighted by Crippen LogP contribution is -2.30. The van der Waals surface area contributed by atoms with Crippen molar-refractivity contribution in [3.05, 3.63) is 40.8 Å². The molecule has 1 aromatic carbocycles. The van der Waals surface area contributed by atoms with Crippen LogP contribution < -0.4 is 10.1 Å². The van der Waals surface area contributed by atoms with E-state index in [1.54, 1.807) is 6.07 Å². The molecule has 1 amide bonds. The molecule has 0 saturated heterocycles. The first kappa shape index (κ1) is 14.3. The lowest BCUT2D eigenvalue weighted by Gasteiger charge is -2.16. The topological polar surface area (TPSA) is 64.6 Å². The number of hydrogen-bond donors (Lipinski definition) is 1. The molecular formula is C17H15NO4S. The molecule has 1 N–H and O–H groups in total. The van der Waals surface area contributed by atoms with Crippen LogP contribution in [0.25, 0.3) is 10.4 Å². The van der Waals surface area contributed by atoms with E-state index in [2.05, 4.69) is 5.32 Å². The number of rotatable bonds is 4. The largest absolute Gasteiger partial charge is 0.488 e. The summed E-state index contributed by atoms with van der Waals surface area (Å²) >= 11 is 1.38. The molecule has 6 heteroatoms. The van der Waals surface area contributed by atoms with Crippen molar-refractivity contribution in [2.75, 3.05) is 6.61 Å². The van der Waals surface area contributed by atoms with Gasteiger partial charge in [-0.15, -0.1) is 11.3 Å². The van der Waals surface area contributed by atoms with Crippen LogP contribution in [0.5, 0.6) is 5.75 Å². The Hall–Kier alpha value is -2.34. The Morgan fingerprint density at radius 3 is 2.96 bits per heavy atom. The Kier molecular flexibility index (Phi) is 3.53. The highest BCUT2D eigenvalue weighted by atomic mass is 32.1. The molecule has 1 aromatic heterocycles. The van der Waals surface area contributed by atoms with E-state index in [1.165, 1.54) is 11.3 Å². The van der Waals surface area contributed by atoms with Crippen molar-refractivity contribution in [2.24, 2.45) is 0 Å². The first-order valence-corrected chi connectivity index (χ1v) is 8.34. The highest BCUT2D eigenvalue weighted by Gasteiger charge is 2.25. The first-order valence-electron chi connectivity index (χ1n) is 7.52. The second-order valence-corrected chi connectivity index (χ2v) is 6.72. The van der Waals surface area contributed by atoms with Crippen molar-refractivity contribution in [2.45, 2.75) is 25.5 Å². The van der Waals surface area contributed by atoms with Gasteiger partial charge in [0.05, 0.1) is 0 Å². The van der Waals surface area contributed by atoms with Gasteiger partial charge < -0.3 is 14.8 Å². The van der Waals surface area contributed by atoms with E-state index in [0.29, 0.717) is 11.5 Å². The number of ether oxygens (including phenoxy) is 2. The number of carbonyl (C=O) groups excluding carboxylic acids is 2. The molecule has 2 heterocycles. The number of carbonyl (C=O) groups is 2. The summed E-state index contributed by atoms with van der Waals surface area (Å²) in [6, 6.07) is 9.81. The summed E-state index contributed by atoms with van der Waals surface area (Å²) in [5.74, 6) is 0.120. The molecule has 1 saturated carbocycles. The van der Waals surface area contributed by atoms with Crippen molar-refractivity contribution < 1.29 is 19.1 Å². The lowest BCUT2D eigenvalue weighted by atomic mass is 10.1. The van der Waals surface area contributed by atoms with Gasteiger partial charge in [-0.25, -0.2) is 4.79 Å². The van der Waals surface area contributed by atoms with Gasteiger partial charge in [-0.2, -0.15) is 0 Å². The van der Waals surface area contributed by atoms with Crippen LogP contribution in [0.3, 0.4) is 0 Å². The maximum atomic E-state index is 12.1. The molecule has 0 spiro atoms. The number of fused-ring (bicyclic) bond motifs is 3. The zero-order valence-corrected chi connectivity index (χ0v) is 13.2. The highest BCUT2D eigenvalue weighted by molar-refractivity contribution is 7.17. The Bertz CT molecular complexity index is 779. The van der Waals surface area contributed by atoms with E-state index in [1.807, 2.05) is 24.3 Å². The number of thiophene rings is 1. The van der Waals surface area contributed by atoms with Crippen LogP contribution in [0.15, 0.2) is 30.3 Å². The molecule has 0 radical (unpaired) electrons. The van der Waals surface area contributed by atoms with Gasteiger partial charge in [-0.3, -0.25) is 4.79 Å². The minimum absolute atomic E-state index is 0.231. The van der Waals surface area contributed by atoms with Gasteiger partial charge in [-0.05, 0) is 31.0 Å². The van der Waals surface area contributed by atoms with Crippen LogP contribution in [-0.2, 0) is 16.1 Å². The predicted molar refractivity (Wildman–Crippen MR) is 85.5 cm³/mol. The fourth-order valence-corrected chi connectivity index (χ4v) is 3.59. The van der Waals surface area contributed by atoms with Crippen molar-refractivity contribution in [3.8, 4) is 16.2 Å². The van der Waals surface area contributed by atoms with Gasteiger partial charge in [-0.1, -0.05) is 12.1 Å². The van der Waals surface area contributed by atoms with E-state index in [9.17, 15) is 9.59 Å². The second-order valence-electron chi connectivity index (χ2n) is 5.67. The smallest absolute Gasteiger partial charge is 0.348 e. The summed E-state index contributed by atoms with van der Waals surface area (Å²) in [6.45, 7) is 0.212. The maximum Gasteiger partial charge on any atom is 0.348 e. The number of nitrogens with one attached hydrogen (secondary N) is 1. The third kappa shape index (κ3) is 2.94. The zero-order chi connectivity index (χ0) is 15.8. The van der Waals surface area contributed by atoms with Crippen LogP contribution >= 0.6 is 11.3 Å².